The summed E-state index contributed by atoms with van der Waals surface area (Å²) in [4.78, 5) is 12.4. The first-order chi connectivity index (χ1) is 11.9. The van der Waals surface area contributed by atoms with Crippen LogP contribution in [0.3, 0.4) is 0 Å². The second kappa shape index (κ2) is 7.37. The van der Waals surface area contributed by atoms with Gasteiger partial charge < -0.3 is 5.32 Å². The Kier molecular flexibility index (Phi) is 5.38. The molecule has 0 radical (unpaired) electrons. The minimum Gasteiger partial charge on any atom is -0.302 e. The molecule has 0 aliphatic carbocycles. The number of hydrogen-bond donors (Lipinski definition) is 1. The minimum atomic E-state index is -0.380. The van der Waals surface area contributed by atoms with Crippen molar-refractivity contribution in [2.75, 3.05) is 5.32 Å². The molecule has 1 aromatic carbocycles. The third-order valence-corrected chi connectivity index (χ3v) is 5.01. The number of carbonyl (C=O) groups excluding carboxylic acids is 1. The Labute approximate surface area is 166 Å². The molecule has 6 nitrogen and oxygen atoms in total. The number of nitrogens with one attached hydrogen (secondary N) is 1. The van der Waals surface area contributed by atoms with E-state index in [2.05, 4.69) is 31.4 Å². The summed E-state index contributed by atoms with van der Waals surface area (Å²) in [5.74, 6) is -0.141. The molecular formula is C15H11BrCl3N5O. The van der Waals surface area contributed by atoms with Crippen molar-refractivity contribution in [3.8, 4) is 0 Å². The van der Waals surface area contributed by atoms with Crippen molar-refractivity contribution in [2.45, 2.75) is 6.54 Å². The molecule has 0 fully saturated rings. The summed E-state index contributed by atoms with van der Waals surface area (Å²) < 4.78 is 3.59. The lowest BCUT2D eigenvalue weighted by molar-refractivity contribution is 0.101. The molecule has 1 amide bonds. The maximum Gasteiger partial charge on any atom is 0.276 e. The van der Waals surface area contributed by atoms with Gasteiger partial charge in [0.05, 0.1) is 17.2 Å². The average molecular weight is 464 g/mol. The molecule has 3 aromatic rings. The highest BCUT2D eigenvalue weighted by Crippen LogP contribution is 2.27. The van der Waals surface area contributed by atoms with Crippen LogP contribution in [0.2, 0.25) is 15.1 Å². The van der Waals surface area contributed by atoms with Crippen LogP contribution in [0.15, 0.2) is 35.1 Å². The molecule has 0 saturated heterocycles. The molecule has 2 aromatic heterocycles. The quantitative estimate of drug-likeness (QED) is 0.613. The Hall–Kier alpha value is -1.54. The molecule has 0 unspecified atom stereocenters. The summed E-state index contributed by atoms with van der Waals surface area (Å²) in [6, 6.07) is 5.26. The number of carbonyl (C=O) groups is 1. The van der Waals surface area contributed by atoms with E-state index in [1.807, 2.05) is 0 Å². The number of halogens is 4. The summed E-state index contributed by atoms with van der Waals surface area (Å²) in [7, 11) is 1.67. The van der Waals surface area contributed by atoms with Gasteiger partial charge in [-0.15, -0.1) is 0 Å². The number of benzene rings is 1. The molecule has 0 atom stereocenters. The fourth-order valence-corrected chi connectivity index (χ4v) is 3.48. The van der Waals surface area contributed by atoms with E-state index in [4.69, 9.17) is 34.8 Å². The van der Waals surface area contributed by atoms with Crippen molar-refractivity contribution in [3.63, 3.8) is 0 Å². The van der Waals surface area contributed by atoms with Crippen LogP contribution in [0.4, 0.5) is 5.82 Å². The van der Waals surface area contributed by atoms with Crippen LogP contribution >= 0.6 is 50.7 Å². The molecule has 0 bridgehead atoms. The molecule has 25 heavy (non-hydrogen) atoms. The highest BCUT2D eigenvalue weighted by atomic mass is 79.9. The van der Waals surface area contributed by atoms with Crippen molar-refractivity contribution in [3.05, 3.63) is 61.4 Å². The van der Waals surface area contributed by atoms with E-state index < -0.39 is 0 Å². The number of anilines is 1. The fraction of sp³-hybridized carbons (Fsp3) is 0.133. The van der Waals surface area contributed by atoms with Gasteiger partial charge in [0.15, 0.2) is 5.82 Å². The predicted octanol–water partition coefficient (Wildman–Crippen LogP) is 4.64. The molecule has 3 rings (SSSR count). The highest BCUT2D eigenvalue weighted by molar-refractivity contribution is 9.10. The minimum absolute atomic E-state index is 0.239. The Balaban J connectivity index is 1.82. The second-order valence-electron chi connectivity index (χ2n) is 5.14. The SMILES string of the molecule is Cn1ncc(Br)c1C(=O)Nc1nn(Cc2c(Cl)cccc2Cl)cc1Cl. The normalized spacial score (nSPS) is 10.9. The zero-order chi connectivity index (χ0) is 18.1. The lowest BCUT2D eigenvalue weighted by Gasteiger charge is -2.07. The molecule has 0 spiro atoms. The number of nitrogens with zero attached hydrogens (tertiary/aromatic N) is 4. The van der Waals surface area contributed by atoms with E-state index in [9.17, 15) is 4.79 Å². The van der Waals surface area contributed by atoms with Gasteiger partial charge in [-0.3, -0.25) is 14.2 Å². The summed E-state index contributed by atoms with van der Waals surface area (Å²) in [6.45, 7) is 0.323. The molecule has 2 heterocycles. The largest absolute Gasteiger partial charge is 0.302 e. The van der Waals surface area contributed by atoms with Gasteiger partial charge in [-0.05, 0) is 28.1 Å². The van der Waals surface area contributed by atoms with Gasteiger partial charge >= 0.3 is 0 Å². The number of hydrogen-bond acceptors (Lipinski definition) is 3. The third-order valence-electron chi connectivity index (χ3n) is 3.44. The van der Waals surface area contributed by atoms with Gasteiger partial charge in [0, 0.05) is 28.9 Å². The van der Waals surface area contributed by atoms with Crippen molar-refractivity contribution >= 4 is 62.5 Å². The lowest BCUT2D eigenvalue weighted by atomic mass is 10.2. The van der Waals surface area contributed by atoms with Gasteiger partial charge in [0.1, 0.15) is 10.7 Å². The first kappa shape index (κ1) is 18.3. The van der Waals surface area contributed by atoms with Crippen molar-refractivity contribution in [2.24, 2.45) is 7.05 Å². The Bertz CT molecular complexity index is 913. The van der Waals surface area contributed by atoms with Crippen molar-refractivity contribution in [1.82, 2.24) is 19.6 Å². The predicted molar refractivity (Wildman–Crippen MR) is 102 cm³/mol. The van der Waals surface area contributed by atoms with E-state index in [0.29, 0.717) is 31.8 Å². The summed E-state index contributed by atoms with van der Waals surface area (Å²) in [6.07, 6.45) is 3.13. The second-order valence-corrected chi connectivity index (χ2v) is 7.22. The van der Waals surface area contributed by atoms with E-state index in [-0.39, 0.29) is 11.7 Å². The number of aryl methyl sites for hydroxylation is 1. The Morgan fingerprint density at radius 1 is 1.24 bits per heavy atom. The molecular weight excluding hydrogens is 452 g/mol. The van der Waals surface area contributed by atoms with E-state index >= 15 is 0 Å². The van der Waals surface area contributed by atoms with Gasteiger partial charge in [0.2, 0.25) is 0 Å². The van der Waals surface area contributed by atoms with Gasteiger partial charge in [-0.25, -0.2) is 0 Å². The molecule has 0 aliphatic heterocycles. The number of amides is 1. The van der Waals surface area contributed by atoms with Crippen LogP contribution in [0.25, 0.3) is 0 Å². The van der Waals surface area contributed by atoms with Gasteiger partial charge in [-0.1, -0.05) is 40.9 Å². The smallest absolute Gasteiger partial charge is 0.276 e. The van der Waals surface area contributed by atoms with Crippen molar-refractivity contribution in [1.29, 1.82) is 0 Å². The highest BCUT2D eigenvalue weighted by Gasteiger charge is 2.18. The zero-order valence-electron chi connectivity index (χ0n) is 12.8. The first-order valence-corrected chi connectivity index (χ1v) is 8.94. The molecule has 10 heteroatoms. The zero-order valence-corrected chi connectivity index (χ0v) is 16.7. The summed E-state index contributed by atoms with van der Waals surface area (Å²) >= 11 is 21.8. The molecule has 0 aliphatic rings. The third kappa shape index (κ3) is 3.84. The molecule has 0 saturated carbocycles. The average Bonchev–Trinajstić information content (AvgIpc) is 3.06. The number of rotatable bonds is 4. The molecule has 130 valence electrons. The van der Waals surface area contributed by atoms with E-state index in [0.717, 1.165) is 5.56 Å². The van der Waals surface area contributed by atoms with Gasteiger partial charge in [-0.2, -0.15) is 10.2 Å². The van der Waals surface area contributed by atoms with Crippen LogP contribution in [-0.2, 0) is 13.6 Å². The monoisotopic (exact) mass is 461 g/mol. The summed E-state index contributed by atoms with van der Waals surface area (Å²) in [5.41, 5.74) is 1.08. The molecule has 1 N–H and O–H groups in total. The van der Waals surface area contributed by atoms with Crippen LogP contribution < -0.4 is 5.32 Å². The summed E-state index contributed by atoms with van der Waals surface area (Å²) in [5, 5.41) is 12.3. The topological polar surface area (TPSA) is 64.7 Å². The maximum atomic E-state index is 12.4. The number of aromatic nitrogens is 4. The van der Waals surface area contributed by atoms with Crippen LogP contribution in [0.5, 0.6) is 0 Å². The first-order valence-electron chi connectivity index (χ1n) is 7.01. The fourth-order valence-electron chi connectivity index (χ4n) is 2.24. The Morgan fingerprint density at radius 3 is 2.52 bits per heavy atom. The van der Waals surface area contributed by atoms with Crippen LogP contribution in [0.1, 0.15) is 16.1 Å². The van der Waals surface area contributed by atoms with Gasteiger partial charge in [0.25, 0.3) is 5.91 Å². The standard InChI is InChI=1S/C15H11BrCl3N5O/c1-23-13(9(16)5-20-23)15(25)21-14-12(19)7-24(22-14)6-8-10(17)3-2-4-11(8)18/h2-5,7H,6H2,1H3,(H,21,22,25). The van der Waals surface area contributed by atoms with Crippen LogP contribution in [0, 0.1) is 0 Å². The van der Waals surface area contributed by atoms with E-state index in [1.54, 1.807) is 36.1 Å². The Morgan fingerprint density at radius 2 is 1.92 bits per heavy atom. The maximum absolute atomic E-state index is 12.4. The van der Waals surface area contributed by atoms with Crippen LogP contribution in [-0.4, -0.2) is 25.5 Å². The lowest BCUT2D eigenvalue weighted by Crippen LogP contribution is -2.17. The van der Waals surface area contributed by atoms with E-state index in [1.165, 1.54) is 10.9 Å². The van der Waals surface area contributed by atoms with Crippen molar-refractivity contribution < 1.29 is 4.79 Å².